The number of anilines is 5. The van der Waals surface area contributed by atoms with E-state index in [0.717, 1.165) is 39.7 Å². The van der Waals surface area contributed by atoms with Crippen LogP contribution in [0.15, 0.2) is 83.3 Å². The van der Waals surface area contributed by atoms with Gasteiger partial charge in [0, 0.05) is 17.8 Å². The number of aryl methyl sites for hydroxylation is 3. The van der Waals surface area contributed by atoms with Crippen LogP contribution in [0.5, 0.6) is 23.0 Å². The number of halogens is 2. The Labute approximate surface area is 365 Å². The SMILES string of the molecule is C.Cc1cc(C(C)C)c(Oc2cnc(N)nc2N)cc1-n1ccnn1.Cc1cc(C(C)C)c(Oc2cnc(N)nc2N)cc1N.Cc1ccc(S(=O)(=O)N/N=C/C(Cl)Cl)cc1. The Balaban J connectivity index is 0.000000247. The fraction of sp³-hybridized carbons (Fsp3) is 0.275. The third-order valence-electron chi connectivity index (χ3n) is 8.37. The van der Waals surface area contributed by atoms with E-state index >= 15 is 0 Å². The van der Waals surface area contributed by atoms with E-state index < -0.39 is 14.9 Å². The first-order valence-electron chi connectivity index (χ1n) is 18.2. The van der Waals surface area contributed by atoms with Crippen LogP contribution in [0.1, 0.15) is 74.8 Å². The molecule has 0 aliphatic rings. The largest absolute Gasteiger partial charge is 0.451 e. The highest BCUT2D eigenvalue weighted by molar-refractivity contribution is 7.89. The molecule has 11 N–H and O–H groups in total. The molecule has 0 saturated heterocycles. The summed E-state index contributed by atoms with van der Waals surface area (Å²) >= 11 is 10.7. The van der Waals surface area contributed by atoms with Crippen molar-refractivity contribution in [2.24, 2.45) is 5.10 Å². The molecule has 0 saturated carbocycles. The molecule has 0 aliphatic carbocycles. The Kier molecular flexibility index (Phi) is 17.4. The van der Waals surface area contributed by atoms with Crippen molar-refractivity contribution >= 4 is 68.7 Å². The Morgan fingerprint density at radius 1 is 0.754 bits per heavy atom. The predicted octanol–water partition coefficient (Wildman–Crippen LogP) is 7.59. The lowest BCUT2D eigenvalue weighted by atomic mass is 9.99. The van der Waals surface area contributed by atoms with Gasteiger partial charge in [0.1, 0.15) is 16.3 Å². The van der Waals surface area contributed by atoms with Crippen LogP contribution >= 0.6 is 23.2 Å². The normalized spacial score (nSPS) is 11.1. The van der Waals surface area contributed by atoms with Gasteiger partial charge in [-0.2, -0.15) is 23.5 Å². The maximum atomic E-state index is 11.6. The maximum Gasteiger partial charge on any atom is 0.276 e. The molecule has 3 aromatic carbocycles. The second-order valence-corrected chi connectivity index (χ2v) is 16.6. The van der Waals surface area contributed by atoms with Crippen LogP contribution in [0.3, 0.4) is 0 Å². The highest BCUT2D eigenvalue weighted by Gasteiger charge is 2.17. The van der Waals surface area contributed by atoms with Crippen LogP contribution in [0.25, 0.3) is 5.69 Å². The first kappa shape index (κ1) is 48.9. The van der Waals surface area contributed by atoms with Crippen molar-refractivity contribution in [2.45, 2.75) is 77.5 Å². The first-order valence-corrected chi connectivity index (χ1v) is 20.5. The van der Waals surface area contributed by atoms with Gasteiger partial charge in [-0.05, 0) is 73.1 Å². The zero-order valence-electron chi connectivity index (χ0n) is 34.0. The molecule has 0 spiro atoms. The monoisotopic (exact) mass is 894 g/mol. The van der Waals surface area contributed by atoms with Gasteiger partial charge >= 0.3 is 0 Å². The predicted molar refractivity (Wildman–Crippen MR) is 244 cm³/mol. The second kappa shape index (κ2) is 21.7. The van der Waals surface area contributed by atoms with E-state index in [2.05, 4.69) is 69.1 Å². The number of nitrogens with one attached hydrogen (secondary N) is 1. The lowest BCUT2D eigenvalue weighted by Gasteiger charge is -2.17. The number of nitrogen functional groups attached to an aromatic ring is 5. The van der Waals surface area contributed by atoms with E-state index in [0.29, 0.717) is 34.6 Å². The molecule has 18 nitrogen and oxygen atoms in total. The van der Waals surface area contributed by atoms with Gasteiger partial charge in [-0.1, -0.05) is 87.3 Å². The third-order valence-corrected chi connectivity index (χ3v) is 9.84. The summed E-state index contributed by atoms with van der Waals surface area (Å²) in [6.07, 6.45) is 7.41. The van der Waals surface area contributed by atoms with Crippen molar-refractivity contribution in [2.75, 3.05) is 28.7 Å². The highest BCUT2D eigenvalue weighted by Crippen LogP contribution is 2.37. The molecule has 6 rings (SSSR count). The Morgan fingerprint density at radius 2 is 1.26 bits per heavy atom. The van der Waals surface area contributed by atoms with E-state index in [4.69, 9.17) is 61.3 Å². The van der Waals surface area contributed by atoms with Gasteiger partial charge in [0.15, 0.2) is 23.1 Å². The number of rotatable bonds is 11. The summed E-state index contributed by atoms with van der Waals surface area (Å²) in [4.78, 5) is 16.9. The lowest BCUT2D eigenvalue weighted by molar-refractivity contribution is 0.470. The topological polar surface area (TPSA) is 289 Å². The number of benzene rings is 3. The average Bonchev–Trinajstić information content (AvgIpc) is 3.71. The van der Waals surface area contributed by atoms with Gasteiger partial charge in [-0.3, -0.25) is 0 Å². The third kappa shape index (κ3) is 13.8. The molecule has 0 unspecified atom stereocenters. The van der Waals surface area contributed by atoms with E-state index in [-0.39, 0.29) is 41.8 Å². The van der Waals surface area contributed by atoms with Crippen molar-refractivity contribution in [1.29, 1.82) is 0 Å². The number of hydrazone groups is 1. The Bertz CT molecular complexity index is 2520. The zero-order valence-corrected chi connectivity index (χ0v) is 36.3. The number of nitrogens with two attached hydrogens (primary N) is 5. The quantitative estimate of drug-likeness (QED) is 0.0316. The van der Waals surface area contributed by atoms with Crippen molar-refractivity contribution in [1.82, 2.24) is 39.8 Å². The number of hydrogen-bond donors (Lipinski definition) is 6. The fourth-order valence-corrected chi connectivity index (χ4v) is 6.12. The molecule has 326 valence electrons. The molecule has 61 heavy (non-hydrogen) atoms. The van der Waals surface area contributed by atoms with Crippen molar-refractivity contribution < 1.29 is 17.9 Å². The minimum absolute atomic E-state index is 0. The molecule has 0 amide bonds. The second-order valence-electron chi connectivity index (χ2n) is 13.8. The maximum absolute atomic E-state index is 11.6. The van der Waals surface area contributed by atoms with E-state index in [1.165, 1.54) is 24.5 Å². The van der Waals surface area contributed by atoms with Crippen LogP contribution < -0.4 is 43.0 Å². The van der Waals surface area contributed by atoms with E-state index in [9.17, 15) is 8.42 Å². The Hall–Kier alpha value is -6.44. The molecule has 0 bridgehead atoms. The van der Waals surface area contributed by atoms with Crippen LogP contribution in [-0.4, -0.2) is 54.4 Å². The van der Waals surface area contributed by atoms with Crippen LogP contribution in [0.4, 0.5) is 29.2 Å². The number of ether oxygens (including phenoxy) is 2. The van der Waals surface area contributed by atoms with Crippen molar-refractivity contribution in [3.05, 3.63) is 101 Å². The number of aromatic nitrogens is 7. The van der Waals surface area contributed by atoms with E-state index in [1.54, 1.807) is 35.3 Å². The molecular formula is C40H52Cl2N14O4S. The standard InChI is InChI=1S/C16H19N7O.C14H19N5O.C9H10Cl2N2O2S.CH4/c1-9(2)11-6-10(3)12(23-5-4-20-22-23)7-13(11)24-14-8-19-16(18)21-15(14)17;1-7(2)9-4-8(3)10(15)5-11(9)20-12-6-18-14(17)19-13(12)16;1-7-2-4-8(5-3-7)16(14,15)13-12-6-9(10)11;/h4-9H,1-3H3,(H4,17,18,19,21);4-7H,15H2,1-3H3,(H4,16,17,18,19);2-6,9,13H,1H3;1H4/b;;12-6+;. The van der Waals surface area contributed by atoms with Gasteiger partial charge in [-0.25, -0.2) is 19.5 Å². The first-order chi connectivity index (χ1) is 28.2. The molecule has 0 atom stereocenters. The van der Waals surface area contributed by atoms with Crippen LogP contribution in [-0.2, 0) is 10.0 Å². The Morgan fingerprint density at radius 3 is 1.72 bits per heavy atom. The van der Waals surface area contributed by atoms with E-state index in [1.807, 2.05) is 37.7 Å². The smallest absolute Gasteiger partial charge is 0.276 e. The minimum atomic E-state index is -3.64. The summed E-state index contributed by atoms with van der Waals surface area (Å²) in [5.41, 5.74) is 35.3. The lowest BCUT2D eigenvalue weighted by Crippen LogP contribution is -2.18. The summed E-state index contributed by atoms with van der Waals surface area (Å²) in [6.45, 7) is 14.2. The summed E-state index contributed by atoms with van der Waals surface area (Å²) in [5.74, 6) is 3.22. The molecule has 6 aromatic rings. The molecule has 0 radical (unpaired) electrons. The molecule has 0 fully saturated rings. The van der Waals surface area contributed by atoms with Crippen molar-refractivity contribution in [3.8, 4) is 28.7 Å². The molecular weight excluding hydrogens is 844 g/mol. The number of alkyl halides is 2. The summed E-state index contributed by atoms with van der Waals surface area (Å²) in [5, 5.41) is 11.3. The fourth-order valence-electron chi connectivity index (χ4n) is 5.21. The number of sulfonamides is 1. The molecule has 21 heteroatoms. The van der Waals surface area contributed by atoms with Crippen LogP contribution in [0, 0.1) is 20.8 Å². The number of hydrogen-bond acceptors (Lipinski definition) is 16. The molecule has 3 aromatic heterocycles. The van der Waals surface area contributed by atoms with Gasteiger partial charge in [0.2, 0.25) is 11.9 Å². The summed E-state index contributed by atoms with van der Waals surface area (Å²) in [7, 11) is -3.64. The highest BCUT2D eigenvalue weighted by atomic mass is 35.5. The average molecular weight is 896 g/mol. The molecule has 0 aliphatic heterocycles. The number of nitrogens with zero attached hydrogens (tertiary/aromatic N) is 8. The molecule has 3 heterocycles. The summed E-state index contributed by atoms with van der Waals surface area (Å²) in [6, 6.07) is 14.2. The minimum Gasteiger partial charge on any atom is -0.451 e. The van der Waals surface area contributed by atoms with Gasteiger partial charge in [0.25, 0.3) is 10.0 Å². The zero-order chi connectivity index (χ0) is 44.3. The van der Waals surface area contributed by atoms with Crippen LogP contribution in [0.2, 0.25) is 0 Å². The van der Waals surface area contributed by atoms with Crippen molar-refractivity contribution in [3.63, 3.8) is 0 Å². The summed E-state index contributed by atoms with van der Waals surface area (Å²) < 4.78 is 36.7. The van der Waals surface area contributed by atoms with Gasteiger partial charge in [0.05, 0.1) is 41.6 Å². The van der Waals surface area contributed by atoms with Gasteiger partial charge < -0.3 is 38.1 Å². The van der Waals surface area contributed by atoms with Gasteiger partial charge in [-0.15, -0.1) is 5.10 Å².